The molecule has 0 spiro atoms. The van der Waals surface area contributed by atoms with Crippen LogP contribution in [-0.4, -0.2) is 14.8 Å². The van der Waals surface area contributed by atoms with Crippen LogP contribution < -0.4 is 11.3 Å². The molecular formula is C12H16ClN5. The maximum atomic E-state index is 6.17. The van der Waals surface area contributed by atoms with Gasteiger partial charge in [0, 0.05) is 18.9 Å². The third kappa shape index (κ3) is 2.69. The number of halogens is 1. The maximum Gasteiger partial charge on any atom is 0.0834 e. The Labute approximate surface area is 111 Å². The van der Waals surface area contributed by atoms with Crippen molar-refractivity contribution in [3.63, 3.8) is 0 Å². The van der Waals surface area contributed by atoms with E-state index in [1.165, 1.54) is 0 Å². The van der Waals surface area contributed by atoms with E-state index in [9.17, 15) is 0 Å². The molecule has 0 aliphatic rings. The minimum absolute atomic E-state index is 0.0795. The summed E-state index contributed by atoms with van der Waals surface area (Å²) in [5.74, 6) is 5.63. The quantitative estimate of drug-likeness (QED) is 0.638. The van der Waals surface area contributed by atoms with E-state index in [1.54, 1.807) is 12.4 Å². The standard InChI is InChI=1S/C12H16ClN5/c1-2-18-12(10(13)8-16-18)11(17-14)6-9-4-3-5-15-7-9/h3-5,7-8,11,17H,2,6,14H2,1H3. The molecule has 0 aliphatic carbocycles. The summed E-state index contributed by atoms with van der Waals surface area (Å²) < 4.78 is 1.85. The van der Waals surface area contributed by atoms with Crippen LogP contribution in [0.4, 0.5) is 0 Å². The summed E-state index contributed by atoms with van der Waals surface area (Å²) >= 11 is 6.17. The van der Waals surface area contributed by atoms with Gasteiger partial charge >= 0.3 is 0 Å². The smallest absolute Gasteiger partial charge is 0.0834 e. The van der Waals surface area contributed by atoms with Crippen LogP contribution >= 0.6 is 11.6 Å². The number of hydrogen-bond acceptors (Lipinski definition) is 4. The topological polar surface area (TPSA) is 68.8 Å². The maximum absolute atomic E-state index is 6.17. The van der Waals surface area contributed by atoms with Crippen LogP contribution in [0.5, 0.6) is 0 Å². The molecule has 2 aromatic rings. The van der Waals surface area contributed by atoms with Crippen molar-refractivity contribution in [1.82, 2.24) is 20.2 Å². The molecule has 0 saturated carbocycles. The molecule has 0 amide bonds. The number of rotatable bonds is 5. The first-order valence-electron chi connectivity index (χ1n) is 5.82. The summed E-state index contributed by atoms with van der Waals surface area (Å²) in [4.78, 5) is 4.09. The highest BCUT2D eigenvalue weighted by Crippen LogP contribution is 2.25. The van der Waals surface area contributed by atoms with E-state index in [0.717, 1.165) is 24.2 Å². The fourth-order valence-corrected chi connectivity index (χ4v) is 2.23. The monoisotopic (exact) mass is 265 g/mol. The van der Waals surface area contributed by atoms with Crippen molar-refractivity contribution in [2.75, 3.05) is 0 Å². The van der Waals surface area contributed by atoms with Crippen molar-refractivity contribution in [3.8, 4) is 0 Å². The third-order valence-corrected chi connectivity index (χ3v) is 3.12. The number of pyridine rings is 1. The third-order valence-electron chi connectivity index (χ3n) is 2.83. The van der Waals surface area contributed by atoms with Gasteiger partial charge in [-0.15, -0.1) is 0 Å². The van der Waals surface area contributed by atoms with Gasteiger partial charge in [-0.2, -0.15) is 5.10 Å². The molecule has 96 valence electrons. The highest BCUT2D eigenvalue weighted by molar-refractivity contribution is 6.31. The molecular weight excluding hydrogens is 250 g/mol. The number of aryl methyl sites for hydroxylation is 1. The molecule has 0 aromatic carbocycles. The van der Waals surface area contributed by atoms with Gasteiger partial charge in [0.1, 0.15) is 0 Å². The van der Waals surface area contributed by atoms with Crippen molar-refractivity contribution in [3.05, 3.63) is 47.0 Å². The first-order valence-corrected chi connectivity index (χ1v) is 6.20. The number of hydrogen-bond donors (Lipinski definition) is 2. The highest BCUT2D eigenvalue weighted by atomic mass is 35.5. The van der Waals surface area contributed by atoms with Gasteiger partial charge in [0.05, 0.1) is 23.0 Å². The number of nitrogens with two attached hydrogens (primary N) is 1. The number of aromatic nitrogens is 3. The van der Waals surface area contributed by atoms with Gasteiger partial charge in [-0.3, -0.25) is 20.9 Å². The fourth-order valence-electron chi connectivity index (χ4n) is 1.96. The van der Waals surface area contributed by atoms with Gasteiger partial charge in [0.25, 0.3) is 0 Å². The summed E-state index contributed by atoms with van der Waals surface area (Å²) in [6.07, 6.45) is 5.94. The number of nitrogens with one attached hydrogen (secondary N) is 1. The van der Waals surface area contributed by atoms with E-state index in [2.05, 4.69) is 15.5 Å². The Morgan fingerprint density at radius 2 is 2.33 bits per heavy atom. The molecule has 0 radical (unpaired) electrons. The predicted molar refractivity (Wildman–Crippen MR) is 70.9 cm³/mol. The molecule has 1 unspecified atom stereocenters. The van der Waals surface area contributed by atoms with Gasteiger partial charge in [0.2, 0.25) is 0 Å². The lowest BCUT2D eigenvalue weighted by Gasteiger charge is -2.17. The van der Waals surface area contributed by atoms with E-state index < -0.39 is 0 Å². The van der Waals surface area contributed by atoms with E-state index in [0.29, 0.717) is 5.02 Å². The van der Waals surface area contributed by atoms with Gasteiger partial charge in [0.15, 0.2) is 0 Å². The van der Waals surface area contributed by atoms with Crippen LogP contribution in [0.1, 0.15) is 24.2 Å². The zero-order chi connectivity index (χ0) is 13.0. The first kappa shape index (κ1) is 13.0. The Morgan fingerprint density at radius 3 is 2.94 bits per heavy atom. The van der Waals surface area contributed by atoms with Crippen molar-refractivity contribution >= 4 is 11.6 Å². The molecule has 2 heterocycles. The van der Waals surface area contributed by atoms with Crippen molar-refractivity contribution in [2.24, 2.45) is 5.84 Å². The average molecular weight is 266 g/mol. The minimum atomic E-state index is -0.0795. The summed E-state index contributed by atoms with van der Waals surface area (Å²) in [6, 6.07) is 3.84. The van der Waals surface area contributed by atoms with Crippen LogP contribution in [0, 0.1) is 0 Å². The van der Waals surface area contributed by atoms with Gasteiger partial charge in [-0.1, -0.05) is 17.7 Å². The van der Waals surface area contributed by atoms with E-state index in [1.807, 2.05) is 29.9 Å². The van der Waals surface area contributed by atoms with Gasteiger partial charge in [-0.25, -0.2) is 0 Å². The van der Waals surface area contributed by atoms with Gasteiger partial charge in [-0.05, 0) is 25.0 Å². The second kappa shape index (κ2) is 5.95. The van der Waals surface area contributed by atoms with Crippen LogP contribution in [0.2, 0.25) is 5.02 Å². The Kier molecular flexibility index (Phi) is 4.30. The lowest BCUT2D eigenvalue weighted by Crippen LogP contribution is -2.31. The molecule has 2 rings (SSSR count). The van der Waals surface area contributed by atoms with Gasteiger partial charge < -0.3 is 0 Å². The largest absolute Gasteiger partial charge is 0.271 e. The molecule has 0 aliphatic heterocycles. The Balaban J connectivity index is 2.25. The normalized spacial score (nSPS) is 12.6. The second-order valence-electron chi connectivity index (χ2n) is 3.98. The molecule has 0 bridgehead atoms. The Hall–Kier alpha value is -1.43. The van der Waals surface area contributed by atoms with Crippen LogP contribution in [0.3, 0.4) is 0 Å². The second-order valence-corrected chi connectivity index (χ2v) is 4.39. The molecule has 2 aromatic heterocycles. The average Bonchev–Trinajstić information content (AvgIpc) is 2.78. The summed E-state index contributed by atoms with van der Waals surface area (Å²) in [6.45, 7) is 2.78. The molecule has 3 N–H and O–H groups in total. The number of nitrogens with zero attached hydrogens (tertiary/aromatic N) is 3. The first-order chi connectivity index (χ1) is 8.76. The lowest BCUT2D eigenvalue weighted by molar-refractivity contribution is 0.490. The highest BCUT2D eigenvalue weighted by Gasteiger charge is 2.19. The van der Waals surface area contributed by atoms with Crippen LogP contribution in [0.15, 0.2) is 30.7 Å². The molecule has 5 nitrogen and oxygen atoms in total. The predicted octanol–water partition coefficient (Wildman–Crippen LogP) is 1.70. The summed E-state index contributed by atoms with van der Waals surface area (Å²) in [5.41, 5.74) is 4.80. The van der Waals surface area contributed by atoms with Crippen molar-refractivity contribution in [2.45, 2.75) is 25.9 Å². The SMILES string of the molecule is CCn1ncc(Cl)c1C(Cc1cccnc1)NN. The van der Waals surface area contributed by atoms with E-state index in [-0.39, 0.29) is 6.04 Å². The summed E-state index contributed by atoms with van der Waals surface area (Å²) in [7, 11) is 0. The minimum Gasteiger partial charge on any atom is -0.271 e. The molecule has 1 atom stereocenters. The zero-order valence-electron chi connectivity index (χ0n) is 10.2. The zero-order valence-corrected chi connectivity index (χ0v) is 10.9. The van der Waals surface area contributed by atoms with E-state index >= 15 is 0 Å². The van der Waals surface area contributed by atoms with Crippen molar-refractivity contribution < 1.29 is 0 Å². The Morgan fingerprint density at radius 1 is 1.50 bits per heavy atom. The molecule has 0 saturated heterocycles. The van der Waals surface area contributed by atoms with E-state index in [4.69, 9.17) is 17.4 Å². The lowest BCUT2D eigenvalue weighted by atomic mass is 10.1. The molecule has 18 heavy (non-hydrogen) atoms. The van der Waals surface area contributed by atoms with Crippen LogP contribution in [-0.2, 0) is 13.0 Å². The van der Waals surface area contributed by atoms with Crippen molar-refractivity contribution in [1.29, 1.82) is 0 Å². The molecule has 0 fully saturated rings. The van der Waals surface area contributed by atoms with Crippen LogP contribution in [0.25, 0.3) is 0 Å². The Bertz CT molecular complexity index is 496. The molecule has 6 heteroatoms. The fraction of sp³-hybridized carbons (Fsp3) is 0.333. The summed E-state index contributed by atoms with van der Waals surface area (Å²) in [5, 5.41) is 4.85. The number of hydrazine groups is 1.